The van der Waals surface area contributed by atoms with Gasteiger partial charge in [0.1, 0.15) is 12.4 Å². The number of ether oxygens (including phenoxy) is 1. The largest absolute Gasteiger partial charge is 0.492 e. The number of thiazole rings is 1. The molecular weight excluding hydrogens is 356 g/mol. The second kappa shape index (κ2) is 9.00. The summed E-state index contributed by atoms with van der Waals surface area (Å²) in [7, 11) is 0. The molecular formula is C22H26N2O2S. The van der Waals surface area contributed by atoms with Crippen LogP contribution in [0.5, 0.6) is 5.75 Å². The molecule has 0 aliphatic heterocycles. The number of rotatable bonds is 9. The van der Waals surface area contributed by atoms with Crippen molar-refractivity contribution in [2.45, 2.75) is 33.1 Å². The van der Waals surface area contributed by atoms with E-state index >= 15 is 0 Å². The zero-order valence-corrected chi connectivity index (χ0v) is 16.7. The van der Waals surface area contributed by atoms with E-state index < -0.39 is 5.41 Å². The predicted molar refractivity (Wildman–Crippen MR) is 111 cm³/mol. The maximum Gasteiger partial charge on any atom is 0.226 e. The van der Waals surface area contributed by atoms with Gasteiger partial charge in [0, 0.05) is 6.42 Å². The Bertz CT molecular complexity index is 839. The fraction of sp³-hybridized carbons (Fsp3) is 0.364. The van der Waals surface area contributed by atoms with Gasteiger partial charge in [-0.3, -0.25) is 4.79 Å². The lowest BCUT2D eigenvalue weighted by Gasteiger charge is -2.29. The van der Waals surface area contributed by atoms with Crippen LogP contribution in [-0.4, -0.2) is 24.0 Å². The van der Waals surface area contributed by atoms with E-state index in [4.69, 9.17) is 9.72 Å². The van der Waals surface area contributed by atoms with Gasteiger partial charge in [0.2, 0.25) is 5.91 Å². The van der Waals surface area contributed by atoms with Crippen LogP contribution in [0.4, 0.5) is 0 Å². The zero-order valence-electron chi connectivity index (χ0n) is 15.9. The van der Waals surface area contributed by atoms with Crippen LogP contribution in [0.2, 0.25) is 0 Å². The Morgan fingerprint density at radius 3 is 2.48 bits per heavy atom. The van der Waals surface area contributed by atoms with Gasteiger partial charge in [-0.25, -0.2) is 4.98 Å². The minimum atomic E-state index is -0.430. The molecule has 1 heterocycles. The smallest absolute Gasteiger partial charge is 0.226 e. The van der Waals surface area contributed by atoms with Gasteiger partial charge in [-0.2, -0.15) is 0 Å². The number of aromatic nitrogens is 1. The summed E-state index contributed by atoms with van der Waals surface area (Å²) in [6.07, 6.45) is 2.24. The number of hydrogen-bond donors (Lipinski definition) is 1. The number of carbonyl (C=O) groups excluding carboxylic acids is 1. The van der Waals surface area contributed by atoms with E-state index in [1.807, 2.05) is 48.5 Å². The molecule has 0 aliphatic carbocycles. The Morgan fingerprint density at radius 1 is 1.07 bits per heavy atom. The van der Waals surface area contributed by atoms with Crippen LogP contribution in [-0.2, 0) is 11.2 Å². The molecule has 4 nitrogen and oxygen atoms in total. The summed E-state index contributed by atoms with van der Waals surface area (Å²) in [6, 6.07) is 17.8. The third kappa shape index (κ3) is 4.66. The summed E-state index contributed by atoms with van der Waals surface area (Å²) in [4.78, 5) is 17.7. The number of para-hydroxylation sites is 2. The Kier molecular flexibility index (Phi) is 6.45. The lowest BCUT2D eigenvalue weighted by atomic mass is 9.78. The van der Waals surface area contributed by atoms with Crippen molar-refractivity contribution in [2.24, 2.45) is 5.41 Å². The second-order valence-electron chi connectivity index (χ2n) is 6.66. The van der Waals surface area contributed by atoms with Crippen molar-refractivity contribution in [1.82, 2.24) is 10.3 Å². The highest BCUT2D eigenvalue weighted by atomic mass is 32.1. The van der Waals surface area contributed by atoms with Gasteiger partial charge < -0.3 is 10.1 Å². The maximum absolute atomic E-state index is 13.0. The van der Waals surface area contributed by atoms with Crippen LogP contribution in [0.1, 0.15) is 31.7 Å². The van der Waals surface area contributed by atoms with Gasteiger partial charge >= 0.3 is 0 Å². The molecule has 142 valence electrons. The quantitative estimate of drug-likeness (QED) is 0.539. The molecule has 2 aromatic carbocycles. The number of amides is 1. The first-order chi connectivity index (χ1) is 13.2. The minimum Gasteiger partial charge on any atom is -0.492 e. The number of benzene rings is 2. The van der Waals surface area contributed by atoms with Gasteiger partial charge in [0.15, 0.2) is 0 Å². The Hall–Kier alpha value is -2.40. The standard InChI is InChI=1S/C22H26N2O2S/c1-3-22(4-2,16-20-24-18-12-8-9-13-19(18)27-20)21(25)23-14-15-26-17-10-6-5-7-11-17/h5-13H,3-4,14-16H2,1-2H3,(H,23,25). The third-order valence-corrected chi connectivity index (χ3v) is 6.10. The second-order valence-corrected chi connectivity index (χ2v) is 7.77. The molecule has 5 heteroatoms. The minimum absolute atomic E-state index is 0.0865. The van der Waals surface area contributed by atoms with Crippen LogP contribution in [0.15, 0.2) is 54.6 Å². The van der Waals surface area contributed by atoms with Crippen molar-refractivity contribution in [2.75, 3.05) is 13.2 Å². The lowest BCUT2D eigenvalue weighted by Crippen LogP contribution is -2.43. The summed E-state index contributed by atoms with van der Waals surface area (Å²) in [6.45, 7) is 5.11. The summed E-state index contributed by atoms with van der Waals surface area (Å²) in [5.74, 6) is 0.905. The molecule has 1 N–H and O–H groups in total. The van der Waals surface area contributed by atoms with Gasteiger partial charge in [-0.15, -0.1) is 11.3 Å². The van der Waals surface area contributed by atoms with Gasteiger partial charge in [0.05, 0.1) is 27.2 Å². The first-order valence-corrected chi connectivity index (χ1v) is 10.3. The monoisotopic (exact) mass is 382 g/mol. The highest BCUT2D eigenvalue weighted by molar-refractivity contribution is 7.18. The van der Waals surface area contributed by atoms with Crippen molar-refractivity contribution in [1.29, 1.82) is 0 Å². The average Bonchev–Trinajstić information content (AvgIpc) is 3.12. The summed E-state index contributed by atoms with van der Waals surface area (Å²) in [5, 5.41) is 4.09. The van der Waals surface area contributed by atoms with E-state index in [1.54, 1.807) is 11.3 Å². The van der Waals surface area contributed by atoms with Crippen molar-refractivity contribution in [3.63, 3.8) is 0 Å². The van der Waals surface area contributed by atoms with Gasteiger partial charge in [-0.05, 0) is 37.1 Å². The third-order valence-electron chi connectivity index (χ3n) is 5.06. The normalized spacial score (nSPS) is 11.5. The number of carbonyl (C=O) groups is 1. The molecule has 0 spiro atoms. The molecule has 0 unspecified atom stereocenters. The number of fused-ring (bicyclic) bond motifs is 1. The fourth-order valence-corrected chi connectivity index (χ4v) is 4.34. The highest BCUT2D eigenvalue weighted by Crippen LogP contribution is 2.34. The zero-order chi connectivity index (χ0) is 19.1. The molecule has 1 amide bonds. The van der Waals surface area contributed by atoms with Gasteiger partial charge in [0.25, 0.3) is 0 Å². The molecule has 3 rings (SSSR count). The average molecular weight is 383 g/mol. The summed E-state index contributed by atoms with van der Waals surface area (Å²) < 4.78 is 6.84. The van der Waals surface area contributed by atoms with Crippen molar-refractivity contribution in [3.05, 3.63) is 59.6 Å². The van der Waals surface area contributed by atoms with Crippen LogP contribution in [0.25, 0.3) is 10.2 Å². The van der Waals surface area contributed by atoms with Crippen molar-refractivity contribution in [3.8, 4) is 5.75 Å². The highest BCUT2D eigenvalue weighted by Gasteiger charge is 2.35. The van der Waals surface area contributed by atoms with Crippen LogP contribution in [0.3, 0.4) is 0 Å². The van der Waals surface area contributed by atoms with E-state index in [0.29, 0.717) is 19.6 Å². The molecule has 1 aromatic heterocycles. The molecule has 0 fully saturated rings. The molecule has 0 saturated heterocycles. The molecule has 0 radical (unpaired) electrons. The first-order valence-electron chi connectivity index (χ1n) is 9.47. The Labute approximate surface area is 164 Å². The number of nitrogens with zero attached hydrogens (tertiary/aromatic N) is 1. The first kappa shape index (κ1) is 19.4. The fourth-order valence-electron chi connectivity index (χ4n) is 3.22. The SMILES string of the molecule is CCC(CC)(Cc1nc2ccccc2s1)C(=O)NCCOc1ccccc1. The summed E-state index contributed by atoms with van der Waals surface area (Å²) >= 11 is 1.68. The van der Waals surface area contributed by atoms with E-state index in [9.17, 15) is 4.79 Å². The molecule has 27 heavy (non-hydrogen) atoms. The van der Waals surface area contributed by atoms with Gasteiger partial charge in [-0.1, -0.05) is 44.2 Å². The summed E-state index contributed by atoms with van der Waals surface area (Å²) in [5.41, 5.74) is 0.580. The Morgan fingerprint density at radius 2 is 1.78 bits per heavy atom. The molecule has 0 aliphatic rings. The topological polar surface area (TPSA) is 51.2 Å². The van der Waals surface area contributed by atoms with E-state index in [2.05, 4.69) is 25.2 Å². The number of hydrogen-bond acceptors (Lipinski definition) is 4. The Balaban J connectivity index is 1.61. The number of nitrogens with one attached hydrogen (secondary N) is 1. The molecule has 0 saturated carbocycles. The predicted octanol–water partition coefficient (Wildman–Crippen LogP) is 4.84. The van der Waals surface area contributed by atoms with E-state index in [1.165, 1.54) is 4.70 Å². The van der Waals surface area contributed by atoms with E-state index in [-0.39, 0.29) is 5.91 Å². The van der Waals surface area contributed by atoms with Crippen LogP contribution in [0, 0.1) is 5.41 Å². The molecule has 3 aromatic rings. The van der Waals surface area contributed by atoms with Crippen LogP contribution >= 0.6 is 11.3 Å². The van der Waals surface area contributed by atoms with E-state index in [0.717, 1.165) is 29.1 Å². The lowest BCUT2D eigenvalue weighted by molar-refractivity contribution is -0.131. The van der Waals surface area contributed by atoms with Crippen LogP contribution < -0.4 is 10.1 Å². The molecule has 0 atom stereocenters. The molecule has 0 bridgehead atoms. The maximum atomic E-state index is 13.0. The van der Waals surface area contributed by atoms with Crippen molar-refractivity contribution < 1.29 is 9.53 Å². The van der Waals surface area contributed by atoms with Crippen molar-refractivity contribution >= 4 is 27.5 Å².